The van der Waals surface area contributed by atoms with Crippen molar-refractivity contribution in [3.8, 4) is 11.5 Å². The number of ether oxygens (including phenoxy) is 2. The Hall–Kier alpha value is -1.07. The molecular formula is C19H23Cl4NO3. The third-order valence-corrected chi connectivity index (χ3v) is 4.04. The van der Waals surface area contributed by atoms with Crippen molar-refractivity contribution in [2.45, 2.75) is 33.6 Å². The monoisotopic (exact) mass is 453 g/mol. The van der Waals surface area contributed by atoms with Crippen molar-refractivity contribution in [1.82, 2.24) is 0 Å². The number of aryl methyl sites for hydroxylation is 2. The highest BCUT2D eigenvalue weighted by Crippen LogP contribution is 2.31. The zero-order chi connectivity index (χ0) is 20.2. The topological polar surface area (TPSA) is 40.0 Å². The second-order valence-electron chi connectivity index (χ2n) is 5.49. The van der Waals surface area contributed by atoms with Crippen LogP contribution in [0.4, 0.5) is 0 Å². The molecule has 0 amide bonds. The van der Waals surface area contributed by atoms with Gasteiger partial charge in [-0.2, -0.15) is 0 Å². The van der Waals surface area contributed by atoms with Crippen molar-refractivity contribution < 1.29 is 14.3 Å². The summed E-state index contributed by atoms with van der Waals surface area (Å²) in [6.45, 7) is 6.76. The minimum absolute atomic E-state index is 0.144. The van der Waals surface area contributed by atoms with Crippen LogP contribution >= 0.6 is 46.4 Å². The molecule has 1 aromatic rings. The number of hydrogen-bond acceptors (Lipinski definition) is 4. The molecule has 0 heterocycles. The molecule has 8 heteroatoms. The van der Waals surface area contributed by atoms with E-state index in [2.05, 4.69) is 19.0 Å². The average molecular weight is 455 g/mol. The fourth-order valence-electron chi connectivity index (χ4n) is 2.17. The summed E-state index contributed by atoms with van der Waals surface area (Å²) in [6.07, 6.45) is 4.71. The van der Waals surface area contributed by atoms with Gasteiger partial charge in [0.2, 0.25) is 0 Å². The van der Waals surface area contributed by atoms with E-state index in [1.165, 1.54) is 6.08 Å². The first-order chi connectivity index (χ1) is 12.9. The highest BCUT2D eigenvalue weighted by atomic mass is 35.5. The fourth-order valence-corrected chi connectivity index (χ4v) is 2.42. The molecule has 0 saturated carbocycles. The van der Waals surface area contributed by atoms with Crippen LogP contribution in [0.3, 0.4) is 0 Å². The summed E-state index contributed by atoms with van der Waals surface area (Å²) < 4.78 is 12.0. The Balaban J connectivity index is 2.82. The Kier molecular flexibility index (Phi) is 11.7. The number of hydrogen-bond donors (Lipinski definition) is 0. The molecule has 0 aliphatic heterocycles. The third-order valence-electron chi connectivity index (χ3n) is 3.42. The van der Waals surface area contributed by atoms with Crippen LogP contribution < -0.4 is 9.47 Å². The van der Waals surface area contributed by atoms with Crippen LogP contribution in [0.1, 0.15) is 31.9 Å². The molecular weight excluding hydrogens is 432 g/mol. The van der Waals surface area contributed by atoms with Crippen LogP contribution in [0.2, 0.25) is 0 Å². The lowest BCUT2D eigenvalue weighted by Crippen LogP contribution is -2.11. The first-order valence-electron chi connectivity index (χ1n) is 8.46. The maximum Gasteiger partial charge on any atom is 0.138 e. The summed E-state index contributed by atoms with van der Waals surface area (Å²) in [7, 11) is 0. The molecule has 0 radical (unpaired) electrons. The van der Waals surface area contributed by atoms with Crippen molar-refractivity contribution in [3.63, 3.8) is 0 Å². The van der Waals surface area contributed by atoms with Gasteiger partial charge in [0.1, 0.15) is 40.3 Å². The number of benzene rings is 1. The summed E-state index contributed by atoms with van der Waals surface area (Å²) >= 11 is 22.2. The van der Waals surface area contributed by atoms with Crippen LogP contribution in [0.5, 0.6) is 11.5 Å². The molecule has 0 saturated heterocycles. The van der Waals surface area contributed by atoms with Crippen molar-refractivity contribution in [2.24, 2.45) is 5.16 Å². The van der Waals surface area contributed by atoms with Crippen LogP contribution in [0.15, 0.2) is 38.4 Å². The lowest BCUT2D eigenvalue weighted by molar-refractivity contribution is 0.172. The van der Waals surface area contributed by atoms with Gasteiger partial charge in [0.15, 0.2) is 0 Å². The van der Waals surface area contributed by atoms with Gasteiger partial charge in [0, 0.05) is 0 Å². The SMILES string of the molecule is CCc1cc(OCC=C(Cl)Cl)cc(CC)c1OCC(C)=NOCC=C(Cl)Cl. The van der Waals surface area contributed by atoms with E-state index in [0.717, 1.165) is 35.5 Å². The summed E-state index contributed by atoms with van der Waals surface area (Å²) in [6, 6.07) is 3.92. The van der Waals surface area contributed by atoms with E-state index in [4.69, 9.17) is 60.7 Å². The molecule has 0 aromatic heterocycles. The third kappa shape index (κ3) is 9.61. The second kappa shape index (κ2) is 13.2. The number of oxime groups is 1. The lowest BCUT2D eigenvalue weighted by Gasteiger charge is -2.16. The molecule has 1 aromatic carbocycles. The van der Waals surface area contributed by atoms with E-state index in [1.807, 2.05) is 19.1 Å². The van der Waals surface area contributed by atoms with Gasteiger partial charge in [-0.1, -0.05) is 65.4 Å². The van der Waals surface area contributed by atoms with E-state index >= 15 is 0 Å². The van der Waals surface area contributed by atoms with Gasteiger partial charge < -0.3 is 14.3 Å². The van der Waals surface area contributed by atoms with E-state index < -0.39 is 0 Å². The summed E-state index contributed by atoms with van der Waals surface area (Å²) in [5.74, 6) is 1.59. The molecule has 27 heavy (non-hydrogen) atoms. The quantitative estimate of drug-likeness (QED) is 0.215. The second-order valence-corrected chi connectivity index (χ2v) is 7.50. The number of halogens is 4. The predicted octanol–water partition coefficient (Wildman–Crippen LogP) is 6.60. The van der Waals surface area contributed by atoms with Crippen molar-refractivity contribution >= 4 is 52.1 Å². The Morgan fingerprint density at radius 3 is 2.00 bits per heavy atom. The molecule has 0 aliphatic carbocycles. The van der Waals surface area contributed by atoms with E-state index in [-0.39, 0.29) is 15.6 Å². The molecule has 0 fully saturated rings. The van der Waals surface area contributed by atoms with Crippen LogP contribution in [-0.4, -0.2) is 25.5 Å². The molecule has 0 aliphatic rings. The zero-order valence-corrected chi connectivity index (χ0v) is 18.6. The van der Waals surface area contributed by atoms with Gasteiger partial charge >= 0.3 is 0 Å². The molecule has 150 valence electrons. The van der Waals surface area contributed by atoms with E-state index in [9.17, 15) is 0 Å². The van der Waals surface area contributed by atoms with Gasteiger partial charge in [-0.15, -0.1) is 0 Å². The fraction of sp³-hybridized carbons (Fsp3) is 0.421. The zero-order valence-electron chi connectivity index (χ0n) is 15.5. The number of nitrogens with zero attached hydrogens (tertiary/aromatic N) is 1. The molecule has 1 rings (SSSR count). The van der Waals surface area contributed by atoms with Crippen molar-refractivity contribution in [1.29, 1.82) is 0 Å². The normalized spacial score (nSPS) is 11.0. The molecule has 0 N–H and O–H groups in total. The van der Waals surface area contributed by atoms with Crippen molar-refractivity contribution in [3.05, 3.63) is 44.4 Å². The minimum Gasteiger partial charge on any atom is -0.489 e. The molecule has 0 bridgehead atoms. The smallest absolute Gasteiger partial charge is 0.138 e. The van der Waals surface area contributed by atoms with Crippen LogP contribution in [0.25, 0.3) is 0 Å². The standard InChI is InChI=1S/C19H23Cl4NO3/c1-4-14-10-16(25-8-6-17(20)21)11-15(5-2)19(14)26-12-13(3)24-27-9-7-18(22)23/h6-7,10-11H,4-5,8-9,12H2,1-3H3. The first-order valence-corrected chi connectivity index (χ1v) is 9.97. The highest BCUT2D eigenvalue weighted by Gasteiger charge is 2.12. The molecule has 0 unspecified atom stereocenters. The molecule has 0 atom stereocenters. The number of rotatable bonds is 11. The lowest BCUT2D eigenvalue weighted by atomic mass is 10.0. The van der Waals surface area contributed by atoms with Gasteiger partial charge in [0.05, 0.1) is 5.71 Å². The largest absolute Gasteiger partial charge is 0.489 e. The molecule has 4 nitrogen and oxygen atoms in total. The van der Waals surface area contributed by atoms with E-state index in [0.29, 0.717) is 18.9 Å². The van der Waals surface area contributed by atoms with Crippen molar-refractivity contribution in [2.75, 3.05) is 19.8 Å². The molecule has 0 spiro atoms. The minimum atomic E-state index is 0.144. The average Bonchev–Trinajstić information content (AvgIpc) is 2.62. The maximum atomic E-state index is 6.00. The summed E-state index contributed by atoms with van der Waals surface area (Å²) in [5.41, 5.74) is 2.80. The Morgan fingerprint density at radius 2 is 1.48 bits per heavy atom. The Bertz CT molecular complexity index is 669. The van der Waals surface area contributed by atoms with E-state index in [1.54, 1.807) is 6.08 Å². The van der Waals surface area contributed by atoms with Gasteiger partial charge in [0.25, 0.3) is 0 Å². The van der Waals surface area contributed by atoms with Gasteiger partial charge in [-0.05, 0) is 55.2 Å². The summed E-state index contributed by atoms with van der Waals surface area (Å²) in [4.78, 5) is 5.11. The Morgan fingerprint density at radius 1 is 0.926 bits per heavy atom. The van der Waals surface area contributed by atoms with Crippen LogP contribution in [0, 0.1) is 0 Å². The van der Waals surface area contributed by atoms with Crippen LogP contribution in [-0.2, 0) is 17.7 Å². The first kappa shape index (κ1) is 24.0. The Labute approximate surface area is 180 Å². The van der Waals surface area contributed by atoms with Gasteiger partial charge in [-0.25, -0.2) is 0 Å². The predicted molar refractivity (Wildman–Crippen MR) is 115 cm³/mol. The summed E-state index contributed by atoms with van der Waals surface area (Å²) in [5, 5.41) is 3.97. The highest BCUT2D eigenvalue weighted by molar-refractivity contribution is 6.56. The maximum absolute atomic E-state index is 6.00. The van der Waals surface area contributed by atoms with Gasteiger partial charge in [-0.3, -0.25) is 0 Å².